The van der Waals surface area contributed by atoms with Crippen LogP contribution in [0.2, 0.25) is 0 Å². The van der Waals surface area contributed by atoms with E-state index in [9.17, 15) is 23.4 Å². The van der Waals surface area contributed by atoms with Gasteiger partial charge in [0.05, 0.1) is 11.7 Å². The topological polar surface area (TPSA) is 78.3 Å². The molecule has 32 heavy (non-hydrogen) atoms. The van der Waals surface area contributed by atoms with Crippen LogP contribution in [0.15, 0.2) is 36.5 Å². The Bertz CT molecular complexity index is 862. The highest BCUT2D eigenvalue weighted by molar-refractivity contribution is 5.56. The second-order valence-electron chi connectivity index (χ2n) is 8.59. The maximum absolute atomic E-state index is 13.1. The molecule has 3 rings (SSSR count). The fourth-order valence-corrected chi connectivity index (χ4v) is 4.54. The van der Waals surface area contributed by atoms with Gasteiger partial charge in [-0.3, -0.25) is 0 Å². The molecule has 0 saturated heterocycles. The fraction of sp³-hybridized carbons (Fsp3) is 0.583. The van der Waals surface area contributed by atoms with Gasteiger partial charge in [-0.15, -0.1) is 0 Å². The molecule has 0 aliphatic heterocycles. The zero-order valence-corrected chi connectivity index (χ0v) is 18.4. The van der Waals surface area contributed by atoms with Gasteiger partial charge in [0, 0.05) is 36.0 Å². The molecule has 1 heterocycles. The molecule has 2 aromatic rings. The number of halogens is 3. The van der Waals surface area contributed by atoms with Crippen molar-refractivity contribution in [3.05, 3.63) is 47.8 Å². The lowest BCUT2D eigenvalue weighted by atomic mass is 9.88. The van der Waals surface area contributed by atoms with E-state index in [1.54, 1.807) is 18.3 Å². The van der Waals surface area contributed by atoms with Crippen LogP contribution in [0.25, 0.3) is 11.4 Å². The largest absolute Gasteiger partial charge is 0.416 e. The normalized spacial score (nSPS) is 23.6. The molecule has 0 amide bonds. The highest BCUT2D eigenvalue weighted by Gasteiger charge is 2.42. The van der Waals surface area contributed by atoms with Crippen LogP contribution >= 0.6 is 0 Å². The third kappa shape index (κ3) is 6.27. The number of nitrogens with one attached hydrogen (secondary N) is 1. The van der Waals surface area contributed by atoms with Gasteiger partial charge < -0.3 is 15.5 Å². The Morgan fingerprint density at radius 2 is 1.94 bits per heavy atom. The third-order valence-electron chi connectivity index (χ3n) is 6.31. The van der Waals surface area contributed by atoms with Crippen LogP contribution in [0.5, 0.6) is 0 Å². The molecule has 5 nitrogen and oxygen atoms in total. The average Bonchev–Trinajstić information content (AvgIpc) is 3.07. The maximum atomic E-state index is 13.1. The minimum absolute atomic E-state index is 0.0227. The molecular weight excluding hydrogens is 419 g/mol. The molecule has 4 unspecified atom stereocenters. The summed E-state index contributed by atoms with van der Waals surface area (Å²) in [4.78, 5) is 8.67. The highest BCUT2D eigenvalue weighted by atomic mass is 19.4. The Hall–Kier alpha value is -2.03. The van der Waals surface area contributed by atoms with E-state index >= 15 is 0 Å². The van der Waals surface area contributed by atoms with E-state index in [2.05, 4.69) is 22.2 Å². The number of aromatic nitrogens is 2. The highest BCUT2D eigenvalue weighted by Crippen LogP contribution is 2.35. The van der Waals surface area contributed by atoms with Crippen molar-refractivity contribution >= 4 is 0 Å². The first-order valence-corrected chi connectivity index (χ1v) is 11.3. The van der Waals surface area contributed by atoms with Gasteiger partial charge in [-0.25, -0.2) is 9.97 Å². The standard InChI is InChI=1S/C24H32F3N3O2/c1-2-3-4-5-10-28-21-14-22(32)20(15-31)19(21)13-18-9-11-29-23(30-18)16-7-6-8-17(12-16)24(25,26)27/h6-9,11-12,19-22,28,31-32H,2-5,10,13-15H2,1H3. The Labute approximate surface area is 187 Å². The Morgan fingerprint density at radius 3 is 2.66 bits per heavy atom. The molecule has 1 saturated carbocycles. The molecule has 0 bridgehead atoms. The summed E-state index contributed by atoms with van der Waals surface area (Å²) in [6.07, 6.45) is 2.16. The zero-order valence-electron chi connectivity index (χ0n) is 18.4. The van der Waals surface area contributed by atoms with Crippen LogP contribution in [0.1, 0.15) is 50.3 Å². The summed E-state index contributed by atoms with van der Waals surface area (Å²) in [7, 11) is 0. The second kappa shape index (κ2) is 11.2. The lowest BCUT2D eigenvalue weighted by Crippen LogP contribution is -2.37. The number of hydrogen-bond donors (Lipinski definition) is 3. The summed E-state index contributed by atoms with van der Waals surface area (Å²) in [6.45, 7) is 2.90. The second-order valence-corrected chi connectivity index (χ2v) is 8.59. The van der Waals surface area contributed by atoms with E-state index in [4.69, 9.17) is 0 Å². The number of aliphatic hydroxyl groups excluding tert-OH is 2. The quantitative estimate of drug-likeness (QED) is 0.471. The SMILES string of the molecule is CCCCCCNC1CC(O)C(CO)C1Cc1ccnc(-c2cccc(C(F)(F)F)c2)n1. The van der Waals surface area contributed by atoms with Crippen LogP contribution in [0.4, 0.5) is 13.2 Å². The summed E-state index contributed by atoms with van der Waals surface area (Å²) < 4.78 is 39.2. The fourth-order valence-electron chi connectivity index (χ4n) is 4.54. The van der Waals surface area contributed by atoms with Gasteiger partial charge in [0.2, 0.25) is 0 Å². The third-order valence-corrected chi connectivity index (χ3v) is 6.31. The van der Waals surface area contributed by atoms with E-state index in [0.29, 0.717) is 24.1 Å². The van der Waals surface area contributed by atoms with E-state index in [-0.39, 0.29) is 30.3 Å². The molecule has 1 aliphatic carbocycles. The van der Waals surface area contributed by atoms with E-state index in [0.717, 1.165) is 31.5 Å². The molecule has 1 fully saturated rings. The Kier molecular flexibility index (Phi) is 8.62. The minimum Gasteiger partial charge on any atom is -0.396 e. The summed E-state index contributed by atoms with van der Waals surface area (Å²) >= 11 is 0. The predicted molar refractivity (Wildman–Crippen MR) is 117 cm³/mol. The van der Waals surface area contributed by atoms with Crippen LogP contribution in [-0.2, 0) is 12.6 Å². The van der Waals surface area contributed by atoms with Crippen LogP contribution in [-0.4, -0.2) is 45.5 Å². The molecule has 0 spiro atoms. The van der Waals surface area contributed by atoms with E-state index in [1.165, 1.54) is 18.9 Å². The summed E-state index contributed by atoms with van der Waals surface area (Å²) in [5.41, 5.74) is 0.246. The van der Waals surface area contributed by atoms with Gasteiger partial charge in [-0.05, 0) is 49.9 Å². The molecule has 8 heteroatoms. The Balaban J connectivity index is 1.74. The minimum atomic E-state index is -4.43. The van der Waals surface area contributed by atoms with E-state index in [1.807, 2.05) is 0 Å². The predicted octanol–water partition coefficient (Wildman–Crippen LogP) is 4.23. The average molecular weight is 452 g/mol. The van der Waals surface area contributed by atoms with Crippen molar-refractivity contribution in [2.75, 3.05) is 13.2 Å². The molecular formula is C24H32F3N3O2. The van der Waals surface area contributed by atoms with Gasteiger partial charge in [-0.1, -0.05) is 38.3 Å². The van der Waals surface area contributed by atoms with Gasteiger partial charge in [0.15, 0.2) is 5.82 Å². The number of unbranched alkanes of at least 4 members (excludes halogenated alkanes) is 3. The van der Waals surface area contributed by atoms with Gasteiger partial charge in [0.25, 0.3) is 0 Å². The van der Waals surface area contributed by atoms with Crippen molar-refractivity contribution in [2.24, 2.45) is 11.8 Å². The number of alkyl halides is 3. The van der Waals surface area contributed by atoms with Crippen molar-refractivity contribution < 1.29 is 23.4 Å². The molecule has 1 aromatic heterocycles. The van der Waals surface area contributed by atoms with Crippen molar-refractivity contribution in [3.63, 3.8) is 0 Å². The van der Waals surface area contributed by atoms with E-state index < -0.39 is 17.8 Å². The van der Waals surface area contributed by atoms with Crippen LogP contribution in [0, 0.1) is 11.8 Å². The van der Waals surface area contributed by atoms with Crippen molar-refractivity contribution in [1.29, 1.82) is 0 Å². The van der Waals surface area contributed by atoms with Crippen molar-refractivity contribution in [2.45, 2.75) is 63.8 Å². The van der Waals surface area contributed by atoms with Crippen molar-refractivity contribution in [3.8, 4) is 11.4 Å². The molecule has 176 valence electrons. The molecule has 0 radical (unpaired) electrons. The summed E-state index contributed by atoms with van der Waals surface area (Å²) in [6, 6.07) is 6.78. The number of benzene rings is 1. The molecule has 3 N–H and O–H groups in total. The smallest absolute Gasteiger partial charge is 0.396 e. The van der Waals surface area contributed by atoms with Crippen LogP contribution < -0.4 is 5.32 Å². The first-order chi connectivity index (χ1) is 15.3. The summed E-state index contributed by atoms with van der Waals surface area (Å²) in [5, 5.41) is 23.8. The number of hydrogen-bond acceptors (Lipinski definition) is 5. The monoisotopic (exact) mass is 451 g/mol. The summed E-state index contributed by atoms with van der Waals surface area (Å²) in [5.74, 6) is -0.0580. The maximum Gasteiger partial charge on any atom is 0.416 e. The lowest BCUT2D eigenvalue weighted by molar-refractivity contribution is -0.137. The van der Waals surface area contributed by atoms with Crippen molar-refractivity contribution in [1.82, 2.24) is 15.3 Å². The molecule has 4 atom stereocenters. The number of nitrogens with zero attached hydrogens (tertiary/aromatic N) is 2. The van der Waals surface area contributed by atoms with Gasteiger partial charge >= 0.3 is 6.18 Å². The lowest BCUT2D eigenvalue weighted by Gasteiger charge is -2.25. The zero-order chi connectivity index (χ0) is 23.1. The Morgan fingerprint density at radius 1 is 1.12 bits per heavy atom. The number of rotatable bonds is 10. The molecule has 1 aliphatic rings. The number of aliphatic hydroxyl groups is 2. The first-order valence-electron chi connectivity index (χ1n) is 11.3. The van der Waals surface area contributed by atoms with Gasteiger partial charge in [-0.2, -0.15) is 13.2 Å². The van der Waals surface area contributed by atoms with Crippen LogP contribution in [0.3, 0.4) is 0 Å². The van der Waals surface area contributed by atoms with Gasteiger partial charge in [0.1, 0.15) is 0 Å². The molecule has 1 aromatic carbocycles. The first kappa shape index (κ1) is 24.6.